The summed E-state index contributed by atoms with van der Waals surface area (Å²) in [7, 11) is 0. The van der Waals surface area contributed by atoms with Crippen molar-refractivity contribution in [2.45, 2.75) is 0 Å². The fourth-order valence-electron chi connectivity index (χ4n) is 1.21. The molecule has 5 nitrogen and oxygen atoms in total. The van der Waals surface area contributed by atoms with Crippen LogP contribution in [0, 0.1) is 0 Å². The van der Waals surface area contributed by atoms with Crippen LogP contribution in [0.2, 0.25) is 0 Å². The van der Waals surface area contributed by atoms with Gasteiger partial charge in [-0.3, -0.25) is 0 Å². The second-order valence-electron chi connectivity index (χ2n) is 3.37. The summed E-state index contributed by atoms with van der Waals surface area (Å²) in [5.41, 5.74) is 0.550. The number of hydrogen-bond donors (Lipinski definition) is 3. The lowest BCUT2D eigenvalue weighted by Gasteiger charge is -2.08. The zero-order valence-corrected chi connectivity index (χ0v) is 12.1. The van der Waals surface area contributed by atoms with E-state index in [9.17, 15) is 9.59 Å². The molecule has 0 aliphatic carbocycles. The number of carboxylic acid groups (broad SMARTS) is 1. The van der Waals surface area contributed by atoms with Crippen LogP contribution in [0.3, 0.4) is 0 Å². The maximum absolute atomic E-state index is 11.5. The molecule has 0 aromatic heterocycles. The molecule has 1 aromatic carbocycles. The highest BCUT2D eigenvalue weighted by Gasteiger charge is 2.10. The fraction of sp³-hybridized carbons (Fsp3) is 0.273. The lowest BCUT2D eigenvalue weighted by Crippen LogP contribution is -2.30. The van der Waals surface area contributed by atoms with Gasteiger partial charge in [0.2, 0.25) is 0 Å². The van der Waals surface area contributed by atoms with Gasteiger partial charge in [0.15, 0.2) is 0 Å². The molecule has 0 unspecified atom stereocenters. The van der Waals surface area contributed by atoms with E-state index in [1.807, 2.05) is 6.26 Å². The van der Waals surface area contributed by atoms with E-state index in [1.54, 1.807) is 23.9 Å². The number of carbonyl (C=O) groups is 2. The third kappa shape index (κ3) is 4.58. The second kappa shape index (κ2) is 7.27. The Morgan fingerprint density at radius 1 is 1.44 bits per heavy atom. The van der Waals surface area contributed by atoms with Crippen molar-refractivity contribution in [2.24, 2.45) is 0 Å². The first-order valence-corrected chi connectivity index (χ1v) is 7.30. The lowest BCUT2D eigenvalue weighted by atomic mass is 10.2. The minimum Gasteiger partial charge on any atom is -0.478 e. The monoisotopic (exact) mass is 332 g/mol. The van der Waals surface area contributed by atoms with E-state index in [-0.39, 0.29) is 11.6 Å². The van der Waals surface area contributed by atoms with Crippen molar-refractivity contribution in [3.05, 3.63) is 28.2 Å². The minimum absolute atomic E-state index is 0.108. The maximum Gasteiger partial charge on any atom is 0.336 e. The Bertz CT molecular complexity index is 454. The molecule has 7 heteroatoms. The minimum atomic E-state index is -1.05. The van der Waals surface area contributed by atoms with Crippen LogP contribution < -0.4 is 10.6 Å². The van der Waals surface area contributed by atoms with E-state index in [0.717, 1.165) is 5.75 Å². The molecule has 98 valence electrons. The van der Waals surface area contributed by atoms with Crippen molar-refractivity contribution in [1.82, 2.24) is 5.32 Å². The number of urea groups is 1. The highest BCUT2D eigenvalue weighted by atomic mass is 79.9. The van der Waals surface area contributed by atoms with E-state index in [2.05, 4.69) is 26.6 Å². The summed E-state index contributed by atoms with van der Waals surface area (Å²) in [5.74, 6) is -0.220. The van der Waals surface area contributed by atoms with Crippen LogP contribution in [-0.2, 0) is 0 Å². The number of carbonyl (C=O) groups excluding carboxylic acids is 1. The zero-order valence-electron chi connectivity index (χ0n) is 9.70. The summed E-state index contributed by atoms with van der Waals surface area (Å²) in [4.78, 5) is 22.4. The number of amides is 2. The smallest absolute Gasteiger partial charge is 0.336 e. The highest BCUT2D eigenvalue weighted by molar-refractivity contribution is 9.10. The number of thioether (sulfide) groups is 1. The average Bonchev–Trinajstić information content (AvgIpc) is 2.31. The summed E-state index contributed by atoms with van der Waals surface area (Å²) in [6.07, 6.45) is 1.95. The molecule has 0 fully saturated rings. The van der Waals surface area contributed by atoms with Crippen LogP contribution >= 0.6 is 27.7 Å². The molecule has 0 saturated heterocycles. The summed E-state index contributed by atoms with van der Waals surface area (Å²) in [5, 5.41) is 14.2. The van der Waals surface area contributed by atoms with Crippen molar-refractivity contribution in [3.63, 3.8) is 0 Å². The highest BCUT2D eigenvalue weighted by Crippen LogP contribution is 2.21. The van der Waals surface area contributed by atoms with Crippen LogP contribution in [-0.4, -0.2) is 35.7 Å². The summed E-state index contributed by atoms with van der Waals surface area (Å²) in [6.45, 7) is 0.565. The Morgan fingerprint density at radius 3 is 2.78 bits per heavy atom. The molecule has 0 spiro atoms. The standard InChI is InChI=1S/C11H13BrN2O3S/c1-18-5-4-13-11(17)14-7-2-3-9(12)8(6-7)10(15)16/h2-3,6H,4-5H2,1H3,(H,15,16)(H2,13,14,17). The van der Waals surface area contributed by atoms with Gasteiger partial charge >= 0.3 is 12.0 Å². The molecule has 0 aliphatic heterocycles. The van der Waals surface area contributed by atoms with Gasteiger partial charge in [-0.25, -0.2) is 9.59 Å². The van der Waals surface area contributed by atoms with E-state index in [0.29, 0.717) is 16.7 Å². The zero-order chi connectivity index (χ0) is 13.5. The molecule has 0 aliphatic rings. The van der Waals surface area contributed by atoms with Gasteiger partial charge in [-0.1, -0.05) is 0 Å². The molecule has 2 amide bonds. The number of rotatable bonds is 5. The average molecular weight is 333 g/mol. The number of aromatic carboxylic acids is 1. The van der Waals surface area contributed by atoms with Gasteiger partial charge in [-0.2, -0.15) is 11.8 Å². The van der Waals surface area contributed by atoms with Gasteiger partial charge in [0.25, 0.3) is 0 Å². The maximum atomic E-state index is 11.5. The molecule has 1 aromatic rings. The molecule has 0 bridgehead atoms. The van der Waals surface area contributed by atoms with Crippen LogP contribution in [0.25, 0.3) is 0 Å². The van der Waals surface area contributed by atoms with Crippen molar-refractivity contribution < 1.29 is 14.7 Å². The predicted molar refractivity (Wildman–Crippen MR) is 76.5 cm³/mol. The Morgan fingerprint density at radius 2 is 2.17 bits per heavy atom. The lowest BCUT2D eigenvalue weighted by molar-refractivity contribution is 0.0696. The molecular formula is C11H13BrN2O3S. The summed E-state index contributed by atoms with van der Waals surface area (Å²) >= 11 is 4.77. The first-order valence-electron chi connectivity index (χ1n) is 5.11. The third-order valence-corrected chi connectivity index (χ3v) is 3.35. The first-order chi connectivity index (χ1) is 8.54. The normalized spacial score (nSPS) is 9.89. The molecule has 0 heterocycles. The number of halogens is 1. The molecule has 3 N–H and O–H groups in total. The largest absolute Gasteiger partial charge is 0.478 e. The van der Waals surface area contributed by atoms with Crippen LogP contribution in [0.15, 0.2) is 22.7 Å². The number of hydrogen-bond acceptors (Lipinski definition) is 3. The molecule has 0 atom stereocenters. The van der Waals surface area contributed by atoms with Gasteiger partial charge in [0.1, 0.15) is 0 Å². The van der Waals surface area contributed by atoms with Crippen LogP contribution in [0.1, 0.15) is 10.4 Å². The quantitative estimate of drug-likeness (QED) is 0.724. The third-order valence-electron chi connectivity index (χ3n) is 2.05. The van der Waals surface area contributed by atoms with Gasteiger partial charge in [-0.15, -0.1) is 0 Å². The van der Waals surface area contributed by atoms with E-state index in [4.69, 9.17) is 5.11 Å². The molecule has 0 radical (unpaired) electrons. The van der Waals surface area contributed by atoms with Crippen molar-refractivity contribution in [1.29, 1.82) is 0 Å². The summed E-state index contributed by atoms with van der Waals surface area (Å²) in [6, 6.07) is 4.27. The number of benzene rings is 1. The SMILES string of the molecule is CSCCNC(=O)Nc1ccc(Br)c(C(=O)O)c1. The molecule has 0 saturated carbocycles. The van der Waals surface area contributed by atoms with Gasteiger partial charge in [0, 0.05) is 22.5 Å². The molecule has 18 heavy (non-hydrogen) atoms. The predicted octanol–water partition coefficient (Wildman–Crippen LogP) is 2.63. The van der Waals surface area contributed by atoms with Gasteiger partial charge < -0.3 is 15.7 Å². The fourth-order valence-corrected chi connectivity index (χ4v) is 1.93. The van der Waals surface area contributed by atoms with Crippen LogP contribution in [0.4, 0.5) is 10.5 Å². The van der Waals surface area contributed by atoms with Crippen LogP contribution in [0.5, 0.6) is 0 Å². The Labute approximate surface area is 117 Å². The second-order valence-corrected chi connectivity index (χ2v) is 5.21. The topological polar surface area (TPSA) is 78.4 Å². The van der Waals surface area contributed by atoms with Crippen molar-refractivity contribution >= 4 is 45.4 Å². The van der Waals surface area contributed by atoms with E-state index in [1.165, 1.54) is 6.07 Å². The Balaban J connectivity index is 2.65. The summed E-state index contributed by atoms with van der Waals surface area (Å²) < 4.78 is 0.475. The molecule has 1 rings (SSSR count). The van der Waals surface area contributed by atoms with E-state index < -0.39 is 5.97 Å². The number of carboxylic acids is 1. The molecular weight excluding hydrogens is 320 g/mol. The number of anilines is 1. The van der Waals surface area contributed by atoms with Gasteiger partial charge in [-0.05, 0) is 40.4 Å². The Hall–Kier alpha value is -1.21. The first kappa shape index (κ1) is 14.8. The number of nitrogens with one attached hydrogen (secondary N) is 2. The van der Waals surface area contributed by atoms with E-state index >= 15 is 0 Å². The van der Waals surface area contributed by atoms with Gasteiger partial charge in [0.05, 0.1) is 5.56 Å². The Kier molecular flexibility index (Phi) is 6.00. The van der Waals surface area contributed by atoms with Crippen molar-refractivity contribution in [3.8, 4) is 0 Å². The van der Waals surface area contributed by atoms with Crippen molar-refractivity contribution in [2.75, 3.05) is 23.9 Å².